The monoisotopic (exact) mass is 520 g/mol. The minimum Gasteiger partial charge on any atom is -0.450 e. The van der Waals surface area contributed by atoms with Gasteiger partial charge in [0, 0.05) is 25.5 Å². The van der Waals surface area contributed by atoms with Gasteiger partial charge in [-0.25, -0.2) is 9.50 Å². The number of nitrogens with zero attached hydrogens (tertiary/aromatic N) is 7. The Hall–Kier alpha value is -4.86. The molecule has 1 fully saturated rings. The molecule has 0 bridgehead atoms. The standard InChI is InChI=1S/C25H19F3N8O2/c1-34-21-16(10-29)19(38-20-12-31-36-8-3-2-7-18(20)36)11-30-22(21)33-24(34)32-17-9-14(25(26,27)28)13-35(23(17)37)15-5-4-6-15/h2-3,7-9,11-13,15H,4-6H2,1H3,(H,30,32,33). The van der Waals surface area contributed by atoms with Crippen LogP contribution in [0.2, 0.25) is 0 Å². The van der Waals surface area contributed by atoms with Crippen LogP contribution in [0, 0.1) is 11.3 Å². The number of nitrogens with one attached hydrogen (secondary N) is 1. The Balaban J connectivity index is 1.42. The van der Waals surface area contributed by atoms with E-state index in [0.29, 0.717) is 24.1 Å². The predicted molar refractivity (Wildman–Crippen MR) is 130 cm³/mol. The number of imidazole rings is 1. The predicted octanol–water partition coefficient (Wildman–Crippen LogP) is 4.93. The summed E-state index contributed by atoms with van der Waals surface area (Å²) in [4.78, 5) is 21.7. The Kier molecular flexibility index (Phi) is 5.34. The van der Waals surface area contributed by atoms with E-state index >= 15 is 0 Å². The summed E-state index contributed by atoms with van der Waals surface area (Å²) in [5, 5.41) is 16.9. The average molecular weight is 520 g/mol. The molecule has 1 aliphatic rings. The maximum absolute atomic E-state index is 13.6. The number of nitriles is 1. The van der Waals surface area contributed by atoms with E-state index in [1.54, 1.807) is 23.8 Å². The quantitative estimate of drug-likeness (QED) is 0.349. The van der Waals surface area contributed by atoms with E-state index in [-0.39, 0.29) is 40.2 Å². The molecule has 0 aromatic carbocycles. The van der Waals surface area contributed by atoms with Gasteiger partial charge in [-0.05, 0) is 37.5 Å². The third-order valence-electron chi connectivity index (χ3n) is 6.67. The fraction of sp³-hybridized carbons (Fsp3) is 0.240. The molecule has 1 saturated carbocycles. The van der Waals surface area contributed by atoms with Gasteiger partial charge in [-0.15, -0.1) is 0 Å². The lowest BCUT2D eigenvalue weighted by Crippen LogP contribution is -2.31. The molecule has 0 unspecified atom stereocenters. The van der Waals surface area contributed by atoms with E-state index in [0.717, 1.165) is 23.3 Å². The number of hydrogen-bond acceptors (Lipinski definition) is 7. The summed E-state index contributed by atoms with van der Waals surface area (Å²) in [6.07, 6.45) is 2.96. The van der Waals surface area contributed by atoms with E-state index in [2.05, 4.69) is 26.5 Å². The van der Waals surface area contributed by atoms with Gasteiger partial charge >= 0.3 is 6.18 Å². The average Bonchev–Trinajstić information content (AvgIpc) is 3.40. The minimum atomic E-state index is -4.64. The number of fused-ring (bicyclic) bond motifs is 2. The van der Waals surface area contributed by atoms with Crippen molar-refractivity contribution in [3.8, 4) is 17.6 Å². The Labute approximate surface area is 212 Å². The minimum absolute atomic E-state index is 0.0497. The van der Waals surface area contributed by atoms with Crippen LogP contribution >= 0.6 is 0 Å². The second-order valence-corrected chi connectivity index (χ2v) is 8.98. The molecule has 5 aromatic heterocycles. The maximum atomic E-state index is 13.6. The zero-order chi connectivity index (χ0) is 26.6. The second kappa shape index (κ2) is 8.62. The number of aryl methyl sites for hydroxylation is 1. The molecule has 0 aliphatic heterocycles. The number of anilines is 2. The van der Waals surface area contributed by atoms with Gasteiger partial charge in [-0.2, -0.15) is 28.5 Å². The molecule has 1 aliphatic carbocycles. The van der Waals surface area contributed by atoms with E-state index < -0.39 is 17.3 Å². The van der Waals surface area contributed by atoms with Crippen molar-refractivity contribution in [2.75, 3.05) is 5.32 Å². The fourth-order valence-corrected chi connectivity index (χ4v) is 4.46. The van der Waals surface area contributed by atoms with Crippen LogP contribution in [0.25, 0.3) is 16.7 Å². The highest BCUT2D eigenvalue weighted by Crippen LogP contribution is 2.36. The van der Waals surface area contributed by atoms with E-state index in [1.807, 2.05) is 12.1 Å². The summed E-state index contributed by atoms with van der Waals surface area (Å²) in [5.41, 5.74) is -0.558. The van der Waals surface area contributed by atoms with Crippen molar-refractivity contribution < 1.29 is 17.9 Å². The molecular formula is C25H19F3N8O2. The Morgan fingerprint density at radius 1 is 1.21 bits per heavy atom. The first kappa shape index (κ1) is 23.5. The lowest BCUT2D eigenvalue weighted by Gasteiger charge is -2.28. The summed E-state index contributed by atoms with van der Waals surface area (Å²) in [5.74, 6) is 0.609. The van der Waals surface area contributed by atoms with Gasteiger partial charge in [-0.3, -0.25) is 4.79 Å². The van der Waals surface area contributed by atoms with Crippen molar-refractivity contribution in [2.45, 2.75) is 31.5 Å². The van der Waals surface area contributed by atoms with E-state index in [4.69, 9.17) is 4.74 Å². The number of halogens is 3. The number of ether oxygens (including phenoxy) is 1. The fourth-order valence-electron chi connectivity index (χ4n) is 4.46. The molecule has 0 spiro atoms. The molecule has 13 heteroatoms. The van der Waals surface area contributed by atoms with Gasteiger partial charge in [0.1, 0.15) is 28.4 Å². The number of rotatable bonds is 5. The highest BCUT2D eigenvalue weighted by molar-refractivity contribution is 5.84. The molecule has 192 valence electrons. The first-order valence-electron chi connectivity index (χ1n) is 11.7. The van der Waals surface area contributed by atoms with Gasteiger partial charge in [0.25, 0.3) is 5.56 Å². The summed E-state index contributed by atoms with van der Waals surface area (Å²) >= 11 is 0. The van der Waals surface area contributed by atoms with Crippen LogP contribution in [0.5, 0.6) is 11.5 Å². The van der Waals surface area contributed by atoms with Gasteiger partial charge < -0.3 is 19.2 Å². The molecule has 0 amide bonds. The molecule has 5 heterocycles. The topological polar surface area (TPSA) is 115 Å². The molecule has 10 nitrogen and oxygen atoms in total. The molecule has 0 radical (unpaired) electrons. The first-order chi connectivity index (χ1) is 18.2. The summed E-state index contributed by atoms with van der Waals surface area (Å²) in [6.45, 7) is 0. The third kappa shape index (κ3) is 3.81. The maximum Gasteiger partial charge on any atom is 0.417 e. The van der Waals surface area contributed by atoms with Gasteiger partial charge in [-0.1, -0.05) is 6.07 Å². The zero-order valence-electron chi connectivity index (χ0n) is 19.9. The van der Waals surface area contributed by atoms with Crippen LogP contribution in [-0.4, -0.2) is 28.7 Å². The number of pyridine rings is 3. The van der Waals surface area contributed by atoms with Crippen molar-refractivity contribution in [1.29, 1.82) is 5.26 Å². The smallest absolute Gasteiger partial charge is 0.417 e. The Morgan fingerprint density at radius 2 is 2.03 bits per heavy atom. The SMILES string of the molecule is Cn1c(Nc2cc(C(F)(F)F)cn(C3CCC3)c2=O)nc2ncc(Oc3cnn4ccccc34)c(C#N)c21. The lowest BCUT2D eigenvalue weighted by molar-refractivity contribution is -0.138. The Bertz CT molecular complexity index is 1810. The first-order valence-corrected chi connectivity index (χ1v) is 11.7. The van der Waals surface area contributed by atoms with E-state index in [9.17, 15) is 23.2 Å². The summed E-state index contributed by atoms with van der Waals surface area (Å²) in [6, 6.07) is 8.03. The molecule has 1 N–H and O–H groups in total. The van der Waals surface area contributed by atoms with Crippen LogP contribution in [0.4, 0.5) is 24.8 Å². The normalized spacial score (nSPS) is 14.0. The van der Waals surface area contributed by atoms with Crippen molar-refractivity contribution >= 4 is 28.3 Å². The summed E-state index contributed by atoms with van der Waals surface area (Å²) in [7, 11) is 1.57. The molecule has 0 atom stereocenters. The van der Waals surface area contributed by atoms with Crippen LogP contribution in [0.1, 0.15) is 36.4 Å². The second-order valence-electron chi connectivity index (χ2n) is 8.98. The van der Waals surface area contributed by atoms with Crippen LogP contribution in [0.3, 0.4) is 0 Å². The molecule has 38 heavy (non-hydrogen) atoms. The van der Waals surface area contributed by atoms with Crippen molar-refractivity contribution in [2.24, 2.45) is 7.05 Å². The van der Waals surface area contributed by atoms with Gasteiger partial charge in [0.05, 0.1) is 18.0 Å². The van der Waals surface area contributed by atoms with Crippen LogP contribution < -0.4 is 15.6 Å². The third-order valence-corrected chi connectivity index (χ3v) is 6.67. The molecular weight excluding hydrogens is 501 g/mol. The highest BCUT2D eigenvalue weighted by Gasteiger charge is 2.34. The Morgan fingerprint density at radius 3 is 2.74 bits per heavy atom. The van der Waals surface area contributed by atoms with Crippen molar-refractivity contribution in [1.82, 2.24) is 28.7 Å². The lowest BCUT2D eigenvalue weighted by atomic mass is 9.92. The molecule has 0 saturated heterocycles. The van der Waals surface area contributed by atoms with Crippen molar-refractivity contribution in [3.05, 3.63) is 70.5 Å². The highest BCUT2D eigenvalue weighted by atomic mass is 19.4. The number of aromatic nitrogens is 6. The molecule has 5 aromatic rings. The zero-order valence-corrected chi connectivity index (χ0v) is 19.9. The summed E-state index contributed by atoms with van der Waals surface area (Å²) < 4.78 is 51.0. The number of alkyl halides is 3. The van der Waals surface area contributed by atoms with Crippen molar-refractivity contribution in [3.63, 3.8) is 0 Å². The largest absolute Gasteiger partial charge is 0.450 e. The van der Waals surface area contributed by atoms with Crippen LogP contribution in [0.15, 0.2) is 53.8 Å². The van der Waals surface area contributed by atoms with Crippen LogP contribution in [-0.2, 0) is 13.2 Å². The van der Waals surface area contributed by atoms with Gasteiger partial charge in [0.15, 0.2) is 17.1 Å². The molecule has 6 rings (SSSR count). The van der Waals surface area contributed by atoms with Gasteiger partial charge in [0.2, 0.25) is 5.95 Å². The van der Waals surface area contributed by atoms with E-state index in [1.165, 1.54) is 17.0 Å². The number of hydrogen-bond donors (Lipinski definition) is 1.